The van der Waals surface area contributed by atoms with E-state index in [1.807, 2.05) is 24.3 Å². The van der Waals surface area contributed by atoms with Gasteiger partial charge in [-0.25, -0.2) is 0 Å². The van der Waals surface area contributed by atoms with E-state index in [0.717, 1.165) is 18.5 Å². The van der Waals surface area contributed by atoms with E-state index >= 15 is 0 Å². The van der Waals surface area contributed by atoms with Crippen LogP contribution in [-0.2, 0) is 4.74 Å². The lowest BCUT2D eigenvalue weighted by Gasteiger charge is -2.34. The van der Waals surface area contributed by atoms with Crippen molar-refractivity contribution in [3.8, 4) is 0 Å². The van der Waals surface area contributed by atoms with Crippen molar-refractivity contribution >= 4 is 11.7 Å². The summed E-state index contributed by atoms with van der Waals surface area (Å²) in [5, 5.41) is 7.16. The lowest BCUT2D eigenvalue weighted by Crippen LogP contribution is -2.49. The Balaban J connectivity index is 1.48. The van der Waals surface area contributed by atoms with Gasteiger partial charge in [0, 0.05) is 30.1 Å². The second kappa shape index (κ2) is 6.80. The zero-order chi connectivity index (χ0) is 17.2. The van der Waals surface area contributed by atoms with Crippen LogP contribution < -0.4 is 0 Å². The predicted octanol–water partition coefficient (Wildman–Crippen LogP) is 2.40. The fourth-order valence-electron chi connectivity index (χ4n) is 3.24. The summed E-state index contributed by atoms with van der Waals surface area (Å²) in [5.74, 6) is 0.418. The maximum absolute atomic E-state index is 12.9. The minimum Gasteiger partial charge on any atom is -0.377 e. The number of morpholine rings is 1. The van der Waals surface area contributed by atoms with Gasteiger partial charge in [0.15, 0.2) is 5.78 Å². The number of aromatic nitrogens is 2. The molecule has 1 aliphatic heterocycles. The van der Waals surface area contributed by atoms with Gasteiger partial charge in [-0.1, -0.05) is 30.3 Å². The lowest BCUT2D eigenvalue weighted by atomic mass is 10.0. The number of nitrogens with zero attached hydrogens (tertiary/aromatic N) is 2. The largest absolute Gasteiger partial charge is 0.377 e. The number of nitrogens with one attached hydrogen (secondary N) is 1. The summed E-state index contributed by atoms with van der Waals surface area (Å²) in [7, 11) is 0. The summed E-state index contributed by atoms with van der Waals surface area (Å²) in [6.45, 7) is 1.35. The average Bonchev–Trinajstić information content (AvgIpc) is 3.39. The van der Waals surface area contributed by atoms with Gasteiger partial charge >= 0.3 is 0 Å². The molecule has 6 nitrogen and oxygen atoms in total. The number of hydrogen-bond donors (Lipinski definition) is 1. The van der Waals surface area contributed by atoms with Crippen molar-refractivity contribution in [2.45, 2.75) is 31.2 Å². The smallest absolute Gasteiger partial charge is 0.274 e. The highest BCUT2D eigenvalue weighted by molar-refractivity contribution is 5.97. The molecular formula is C19H21N3O3. The molecule has 130 valence electrons. The van der Waals surface area contributed by atoms with Crippen molar-refractivity contribution < 1.29 is 14.3 Å². The number of carbonyl (C=O) groups excluding carboxylic acids is 2. The Labute approximate surface area is 146 Å². The first-order valence-corrected chi connectivity index (χ1v) is 8.74. The molecule has 25 heavy (non-hydrogen) atoms. The van der Waals surface area contributed by atoms with E-state index in [9.17, 15) is 9.59 Å². The van der Waals surface area contributed by atoms with Crippen molar-refractivity contribution in [2.75, 3.05) is 19.8 Å². The molecule has 2 aliphatic rings. The monoisotopic (exact) mass is 339 g/mol. The van der Waals surface area contributed by atoms with Crippen molar-refractivity contribution in [1.29, 1.82) is 0 Å². The third-order valence-corrected chi connectivity index (χ3v) is 4.84. The van der Waals surface area contributed by atoms with E-state index in [1.54, 1.807) is 17.0 Å². The molecule has 1 aliphatic carbocycles. The van der Waals surface area contributed by atoms with E-state index in [-0.39, 0.29) is 24.2 Å². The molecular weight excluding hydrogens is 318 g/mol. The molecule has 0 spiro atoms. The quantitative estimate of drug-likeness (QED) is 0.849. The summed E-state index contributed by atoms with van der Waals surface area (Å²) >= 11 is 0. The average molecular weight is 339 g/mol. The van der Waals surface area contributed by atoms with Crippen LogP contribution in [0.3, 0.4) is 0 Å². The normalized spacial score (nSPS) is 20.5. The molecule has 0 bridgehead atoms. The highest BCUT2D eigenvalue weighted by Crippen LogP contribution is 2.39. The van der Waals surface area contributed by atoms with E-state index < -0.39 is 0 Å². The van der Waals surface area contributed by atoms with Crippen LogP contribution in [0.25, 0.3) is 0 Å². The van der Waals surface area contributed by atoms with Crippen molar-refractivity contribution in [3.63, 3.8) is 0 Å². The van der Waals surface area contributed by atoms with Gasteiger partial charge in [0.2, 0.25) is 0 Å². The van der Waals surface area contributed by atoms with Gasteiger partial charge < -0.3 is 9.64 Å². The molecule has 1 saturated carbocycles. The number of rotatable bonds is 5. The zero-order valence-electron chi connectivity index (χ0n) is 14.0. The first-order chi connectivity index (χ1) is 12.2. The number of benzene rings is 1. The molecule has 4 rings (SSSR count). The first-order valence-electron chi connectivity index (χ1n) is 8.74. The fraction of sp³-hybridized carbons (Fsp3) is 0.421. The molecule has 1 saturated heterocycles. The maximum atomic E-state index is 12.9. The van der Waals surface area contributed by atoms with Gasteiger partial charge in [-0.15, -0.1) is 0 Å². The van der Waals surface area contributed by atoms with Gasteiger partial charge in [-0.3, -0.25) is 14.7 Å². The number of amides is 1. The Morgan fingerprint density at radius 3 is 2.80 bits per heavy atom. The van der Waals surface area contributed by atoms with Gasteiger partial charge in [-0.05, 0) is 18.9 Å². The molecule has 1 atom stereocenters. The van der Waals surface area contributed by atoms with Gasteiger partial charge in [0.1, 0.15) is 5.69 Å². The minimum absolute atomic E-state index is 0.0228. The van der Waals surface area contributed by atoms with E-state index in [4.69, 9.17) is 4.74 Å². The second-order valence-electron chi connectivity index (χ2n) is 6.70. The van der Waals surface area contributed by atoms with Crippen LogP contribution in [-0.4, -0.2) is 52.6 Å². The third-order valence-electron chi connectivity index (χ3n) is 4.84. The number of H-pyrrole nitrogens is 1. The number of hydrogen-bond acceptors (Lipinski definition) is 4. The second-order valence-corrected chi connectivity index (χ2v) is 6.70. The number of ketones is 1. The summed E-state index contributed by atoms with van der Waals surface area (Å²) < 4.78 is 5.51. The zero-order valence-corrected chi connectivity index (χ0v) is 14.0. The van der Waals surface area contributed by atoms with Crippen LogP contribution in [0.2, 0.25) is 0 Å². The molecule has 0 unspecified atom stereocenters. The Bertz CT molecular complexity index is 767. The van der Waals surface area contributed by atoms with Crippen LogP contribution in [0.4, 0.5) is 0 Å². The molecule has 2 fully saturated rings. The lowest BCUT2D eigenvalue weighted by molar-refractivity contribution is -0.00311. The molecule has 2 heterocycles. The Kier molecular flexibility index (Phi) is 4.36. The minimum atomic E-state index is -0.255. The highest BCUT2D eigenvalue weighted by Gasteiger charge is 2.32. The van der Waals surface area contributed by atoms with Gasteiger partial charge in [0.05, 0.1) is 19.3 Å². The molecule has 2 aromatic rings. The van der Waals surface area contributed by atoms with Gasteiger partial charge in [0.25, 0.3) is 5.91 Å². The molecule has 1 aromatic heterocycles. The van der Waals surface area contributed by atoms with Crippen molar-refractivity contribution in [1.82, 2.24) is 15.1 Å². The number of ether oxygens (including phenoxy) is 1. The maximum Gasteiger partial charge on any atom is 0.274 e. The number of Topliss-reactive ketones (excluding diaryl/α,β-unsaturated/α-hetero) is 1. The molecule has 6 heteroatoms. The molecule has 1 amide bonds. The summed E-state index contributed by atoms with van der Waals surface area (Å²) in [6.07, 6.45) is 2.57. The van der Waals surface area contributed by atoms with Crippen LogP contribution in [0.15, 0.2) is 36.4 Å². The number of carbonyl (C=O) groups is 2. The topological polar surface area (TPSA) is 75.3 Å². The molecule has 1 aromatic carbocycles. The Hall–Kier alpha value is -2.47. The third kappa shape index (κ3) is 3.49. The van der Waals surface area contributed by atoms with E-state index in [0.29, 0.717) is 36.9 Å². The Morgan fingerprint density at radius 2 is 2.04 bits per heavy atom. The number of aromatic amines is 1. The van der Waals surface area contributed by atoms with Crippen LogP contribution in [0.5, 0.6) is 0 Å². The van der Waals surface area contributed by atoms with E-state index in [1.165, 1.54) is 0 Å². The fourth-order valence-corrected chi connectivity index (χ4v) is 3.24. The molecule has 1 N–H and O–H groups in total. The predicted molar refractivity (Wildman–Crippen MR) is 91.6 cm³/mol. The first kappa shape index (κ1) is 16.0. The van der Waals surface area contributed by atoms with Gasteiger partial charge in [-0.2, -0.15) is 5.10 Å². The van der Waals surface area contributed by atoms with Crippen LogP contribution in [0, 0.1) is 0 Å². The van der Waals surface area contributed by atoms with Crippen LogP contribution in [0.1, 0.15) is 51.7 Å². The van der Waals surface area contributed by atoms with Crippen LogP contribution >= 0.6 is 0 Å². The highest BCUT2D eigenvalue weighted by atomic mass is 16.5. The summed E-state index contributed by atoms with van der Waals surface area (Å²) in [6, 6.07) is 10.8. The van der Waals surface area contributed by atoms with Crippen molar-refractivity contribution in [3.05, 3.63) is 53.3 Å². The SMILES string of the molecule is O=C(C[C@@H]1COCCN1C(=O)c1cc(C2CC2)[nH]n1)c1ccccc1. The summed E-state index contributed by atoms with van der Waals surface area (Å²) in [4.78, 5) is 27.1. The van der Waals surface area contributed by atoms with E-state index in [2.05, 4.69) is 10.2 Å². The summed E-state index contributed by atoms with van der Waals surface area (Å²) in [5.41, 5.74) is 2.13. The standard InChI is InChI=1S/C19H21N3O3/c23-18(14-4-2-1-3-5-14)10-15-12-25-9-8-22(15)19(24)17-11-16(20-21-17)13-6-7-13/h1-5,11,13,15H,6-10,12H2,(H,20,21)/t15-/m1/s1. The van der Waals surface area contributed by atoms with Crippen molar-refractivity contribution in [2.24, 2.45) is 0 Å². The molecule has 0 radical (unpaired) electrons. The Morgan fingerprint density at radius 1 is 1.24 bits per heavy atom.